The van der Waals surface area contributed by atoms with Crippen LogP contribution in [0.4, 0.5) is 0 Å². The van der Waals surface area contributed by atoms with E-state index in [1.165, 1.54) is 6.42 Å². The Morgan fingerprint density at radius 3 is 1.96 bits per heavy atom. The highest BCUT2D eigenvalue weighted by molar-refractivity contribution is 5.69. The molecule has 1 atom stereocenters. The lowest BCUT2D eigenvalue weighted by Gasteiger charge is -2.22. The maximum absolute atomic E-state index is 11.2. The summed E-state index contributed by atoms with van der Waals surface area (Å²) in [5.74, 6) is -0.535. The summed E-state index contributed by atoms with van der Waals surface area (Å²) in [5.41, 5.74) is -0.00862. The number of hydrogen-bond acceptors (Lipinski definition) is 5. The average Bonchev–Trinajstić information content (AvgIpc) is 2.48. The second-order valence-electron chi connectivity index (χ2n) is 8.97. The Bertz CT molecular complexity index is 384. The van der Waals surface area contributed by atoms with Crippen LogP contribution in [0.25, 0.3) is 0 Å². The number of unbranched alkanes of at least 4 members (excludes halogenated alkanes) is 1. The molecular weight excluding hydrogens is 336 g/mol. The summed E-state index contributed by atoms with van der Waals surface area (Å²) in [6.07, 6.45) is 3.45. The molecule has 0 fully saturated rings. The summed E-state index contributed by atoms with van der Waals surface area (Å²) in [4.78, 5) is 21.4. The van der Waals surface area contributed by atoms with E-state index >= 15 is 0 Å². The van der Waals surface area contributed by atoms with Crippen LogP contribution in [-0.4, -0.2) is 47.1 Å². The smallest absolute Gasteiger partial charge is 0.305 e. The third-order valence-corrected chi connectivity index (χ3v) is 3.66. The molecule has 0 aliphatic rings. The zero-order valence-corrected chi connectivity index (χ0v) is 17.5. The van der Waals surface area contributed by atoms with E-state index in [-0.39, 0.29) is 32.0 Å². The van der Waals surface area contributed by atoms with Crippen molar-refractivity contribution in [1.82, 2.24) is 0 Å². The second-order valence-corrected chi connectivity index (χ2v) is 8.97. The van der Waals surface area contributed by atoms with E-state index in [0.29, 0.717) is 30.8 Å². The molecule has 0 saturated heterocycles. The van der Waals surface area contributed by atoms with Crippen LogP contribution in [0.1, 0.15) is 80.1 Å². The number of carbonyl (C=O) groups excluding carboxylic acids is 1. The lowest BCUT2D eigenvalue weighted by molar-refractivity contribution is -0.148. The first-order valence-corrected chi connectivity index (χ1v) is 9.42. The predicted molar refractivity (Wildman–Crippen MR) is 103 cm³/mol. The molecular formula is C20H40O6. The lowest BCUT2D eigenvalue weighted by Crippen LogP contribution is -2.25. The molecule has 0 radical (unpaired) electrons. The van der Waals surface area contributed by atoms with E-state index in [2.05, 4.69) is 27.7 Å². The van der Waals surface area contributed by atoms with Gasteiger partial charge in [-0.2, -0.15) is 0 Å². The largest absolute Gasteiger partial charge is 0.481 e. The third-order valence-electron chi connectivity index (χ3n) is 3.66. The molecule has 156 valence electrons. The first kappa shape index (κ1) is 27.1. The van der Waals surface area contributed by atoms with Gasteiger partial charge in [-0.15, -0.1) is 0 Å². The highest BCUT2D eigenvalue weighted by Gasteiger charge is 2.18. The number of aliphatic carboxylic acids is 1. The quantitative estimate of drug-likeness (QED) is 0.376. The van der Waals surface area contributed by atoms with Crippen molar-refractivity contribution in [3.05, 3.63) is 0 Å². The van der Waals surface area contributed by atoms with Crippen LogP contribution >= 0.6 is 0 Å². The molecule has 0 heterocycles. The van der Waals surface area contributed by atoms with Crippen molar-refractivity contribution in [2.75, 3.05) is 19.8 Å². The van der Waals surface area contributed by atoms with Gasteiger partial charge in [0.2, 0.25) is 0 Å². The van der Waals surface area contributed by atoms with Gasteiger partial charge >= 0.3 is 11.9 Å². The van der Waals surface area contributed by atoms with E-state index in [0.717, 1.165) is 6.42 Å². The molecule has 0 bridgehead atoms. The molecule has 6 nitrogen and oxygen atoms in total. The van der Waals surface area contributed by atoms with Crippen molar-refractivity contribution < 1.29 is 29.6 Å². The average molecular weight is 377 g/mol. The zero-order valence-electron chi connectivity index (χ0n) is 17.5. The fraction of sp³-hybridized carbons (Fsp3) is 0.900. The van der Waals surface area contributed by atoms with Crippen LogP contribution < -0.4 is 0 Å². The number of aliphatic hydroxyl groups is 2. The Hall–Kier alpha value is -1.14. The summed E-state index contributed by atoms with van der Waals surface area (Å²) < 4.78 is 4.96. The van der Waals surface area contributed by atoms with Crippen LogP contribution in [0.5, 0.6) is 0 Å². The Morgan fingerprint density at radius 2 is 1.54 bits per heavy atom. The fourth-order valence-electron chi connectivity index (χ4n) is 2.31. The normalized spacial score (nSPS) is 12.8. The Labute approximate surface area is 158 Å². The van der Waals surface area contributed by atoms with E-state index < -0.39 is 11.4 Å². The van der Waals surface area contributed by atoms with Gasteiger partial charge in [0.25, 0.3) is 0 Å². The summed E-state index contributed by atoms with van der Waals surface area (Å²) >= 11 is 0. The molecule has 3 N–H and O–H groups in total. The summed E-state index contributed by atoms with van der Waals surface area (Å²) in [6.45, 7) is 13.0. The molecule has 0 aliphatic carbocycles. The topological polar surface area (TPSA) is 104 Å². The standard InChI is InChI=1S/C11H20O5.C9H20O/c1-11(2,7-12)8-16-10(15)6-4-3-5-9(13)14;1-8(5-6-10)7-9(2,3)4/h12H,3-8H2,1-2H3,(H,13,14);8,10H,5-7H2,1-4H3. The minimum absolute atomic E-state index is 0.0424. The molecule has 0 spiro atoms. The van der Waals surface area contributed by atoms with E-state index in [1.807, 2.05) is 0 Å². The van der Waals surface area contributed by atoms with Gasteiger partial charge in [-0.25, -0.2) is 0 Å². The van der Waals surface area contributed by atoms with Gasteiger partial charge in [0, 0.05) is 24.9 Å². The molecule has 0 aromatic rings. The number of aliphatic hydroxyl groups excluding tert-OH is 2. The number of rotatable bonds is 11. The van der Waals surface area contributed by atoms with E-state index in [9.17, 15) is 9.59 Å². The molecule has 0 aliphatic heterocycles. The van der Waals surface area contributed by atoms with Crippen LogP contribution in [0, 0.1) is 16.7 Å². The number of carbonyl (C=O) groups is 2. The molecule has 0 amide bonds. The van der Waals surface area contributed by atoms with Gasteiger partial charge in [0.1, 0.15) is 0 Å². The lowest BCUT2D eigenvalue weighted by atomic mass is 9.84. The highest BCUT2D eigenvalue weighted by Crippen LogP contribution is 2.25. The summed E-state index contributed by atoms with van der Waals surface area (Å²) in [7, 11) is 0. The van der Waals surface area contributed by atoms with Crippen molar-refractivity contribution in [1.29, 1.82) is 0 Å². The van der Waals surface area contributed by atoms with Crippen molar-refractivity contribution in [2.45, 2.75) is 80.1 Å². The number of carboxylic acid groups (broad SMARTS) is 1. The zero-order chi connectivity index (χ0) is 20.8. The number of hydrogen-bond donors (Lipinski definition) is 3. The van der Waals surface area contributed by atoms with Crippen molar-refractivity contribution >= 4 is 11.9 Å². The van der Waals surface area contributed by atoms with Crippen molar-refractivity contribution in [3.8, 4) is 0 Å². The van der Waals surface area contributed by atoms with Gasteiger partial charge in [-0.1, -0.05) is 41.5 Å². The molecule has 26 heavy (non-hydrogen) atoms. The molecule has 0 saturated carbocycles. The minimum atomic E-state index is -0.852. The Morgan fingerprint density at radius 1 is 1.00 bits per heavy atom. The van der Waals surface area contributed by atoms with Gasteiger partial charge in [0.15, 0.2) is 0 Å². The molecule has 0 rings (SSSR count). The minimum Gasteiger partial charge on any atom is -0.481 e. The van der Waals surface area contributed by atoms with Gasteiger partial charge in [-0.05, 0) is 37.0 Å². The first-order chi connectivity index (χ1) is 11.8. The number of esters is 1. The SMILES string of the molecule is CC(C)(CO)COC(=O)CCCCC(=O)O.CC(CCO)CC(C)(C)C. The molecule has 6 heteroatoms. The summed E-state index contributed by atoms with van der Waals surface area (Å²) in [5, 5.41) is 25.9. The maximum Gasteiger partial charge on any atom is 0.305 e. The van der Waals surface area contributed by atoms with Gasteiger partial charge < -0.3 is 20.1 Å². The van der Waals surface area contributed by atoms with E-state index in [4.69, 9.17) is 20.1 Å². The van der Waals surface area contributed by atoms with Crippen LogP contribution in [-0.2, 0) is 14.3 Å². The number of carboxylic acids is 1. The summed E-state index contributed by atoms with van der Waals surface area (Å²) in [6, 6.07) is 0. The van der Waals surface area contributed by atoms with Crippen molar-refractivity contribution in [3.63, 3.8) is 0 Å². The highest BCUT2D eigenvalue weighted by atomic mass is 16.5. The van der Waals surface area contributed by atoms with Gasteiger partial charge in [-0.3, -0.25) is 9.59 Å². The van der Waals surface area contributed by atoms with Crippen molar-refractivity contribution in [2.24, 2.45) is 16.7 Å². The first-order valence-electron chi connectivity index (χ1n) is 9.42. The number of ether oxygens (including phenoxy) is 1. The molecule has 0 aromatic carbocycles. The molecule has 1 unspecified atom stereocenters. The third kappa shape index (κ3) is 20.9. The van der Waals surface area contributed by atoms with Crippen LogP contribution in [0.3, 0.4) is 0 Å². The second kappa shape index (κ2) is 14.0. The Kier molecular flexibility index (Phi) is 14.6. The monoisotopic (exact) mass is 376 g/mol. The van der Waals surface area contributed by atoms with E-state index in [1.54, 1.807) is 13.8 Å². The van der Waals surface area contributed by atoms with Crippen LogP contribution in [0.2, 0.25) is 0 Å². The molecule has 0 aromatic heterocycles. The predicted octanol–water partition coefficient (Wildman–Crippen LogP) is 3.63. The Balaban J connectivity index is 0. The maximum atomic E-state index is 11.2. The van der Waals surface area contributed by atoms with Crippen LogP contribution in [0.15, 0.2) is 0 Å². The van der Waals surface area contributed by atoms with Gasteiger partial charge in [0.05, 0.1) is 13.2 Å². The fourth-order valence-corrected chi connectivity index (χ4v) is 2.31.